The van der Waals surface area contributed by atoms with Gasteiger partial charge < -0.3 is 9.72 Å². The molecule has 3 rings (SSSR count). The Balaban J connectivity index is 1.73. The molecule has 0 aliphatic carbocycles. The molecule has 0 saturated heterocycles. The third-order valence-corrected chi connectivity index (χ3v) is 5.37. The maximum atomic E-state index is 12.1. The summed E-state index contributed by atoms with van der Waals surface area (Å²) in [5, 5.41) is 1.21. The fraction of sp³-hybridized carbons (Fsp3) is 0.278. The van der Waals surface area contributed by atoms with Crippen LogP contribution in [0.4, 0.5) is 0 Å². The van der Waals surface area contributed by atoms with Gasteiger partial charge in [0.25, 0.3) is 5.56 Å². The number of H-pyrrole nitrogens is 1. The van der Waals surface area contributed by atoms with Crippen molar-refractivity contribution in [3.63, 3.8) is 0 Å². The largest absolute Gasteiger partial charge is 0.462 e. The molecule has 5 nitrogen and oxygen atoms in total. The zero-order valence-corrected chi connectivity index (χ0v) is 15.6. The summed E-state index contributed by atoms with van der Waals surface area (Å²) in [7, 11) is 0. The van der Waals surface area contributed by atoms with E-state index in [1.54, 1.807) is 6.07 Å². The Hall–Kier alpha value is -2.12. The molecule has 2 aromatic heterocycles. The van der Waals surface area contributed by atoms with Crippen LogP contribution in [0, 0.1) is 6.92 Å². The number of carbonyl (C=O) groups is 1. The predicted molar refractivity (Wildman–Crippen MR) is 102 cm³/mol. The van der Waals surface area contributed by atoms with E-state index in [9.17, 15) is 9.59 Å². The minimum atomic E-state index is -0.310. The monoisotopic (exact) mass is 374 g/mol. The zero-order valence-electron chi connectivity index (χ0n) is 14.0. The zero-order chi connectivity index (χ0) is 17.8. The summed E-state index contributed by atoms with van der Waals surface area (Å²) in [6.45, 7) is 4.34. The van der Waals surface area contributed by atoms with E-state index in [-0.39, 0.29) is 11.5 Å². The van der Waals surface area contributed by atoms with E-state index in [0.29, 0.717) is 28.5 Å². The molecule has 0 spiro atoms. The number of ether oxygens (including phenoxy) is 1. The van der Waals surface area contributed by atoms with Crippen LogP contribution in [0.15, 0.2) is 40.3 Å². The van der Waals surface area contributed by atoms with Gasteiger partial charge in [0.1, 0.15) is 4.83 Å². The molecule has 0 unspecified atom stereocenters. The van der Waals surface area contributed by atoms with Crippen molar-refractivity contribution in [3.8, 4) is 0 Å². The van der Waals surface area contributed by atoms with Gasteiger partial charge in [-0.05, 0) is 37.1 Å². The quantitative estimate of drug-likeness (QED) is 0.399. The molecule has 2 heterocycles. The van der Waals surface area contributed by atoms with Gasteiger partial charge in [-0.1, -0.05) is 30.8 Å². The van der Waals surface area contributed by atoms with Crippen molar-refractivity contribution in [1.29, 1.82) is 0 Å². The summed E-state index contributed by atoms with van der Waals surface area (Å²) in [5.41, 5.74) is 1.40. The second-order valence-electron chi connectivity index (χ2n) is 5.57. The van der Waals surface area contributed by atoms with Crippen molar-refractivity contribution >= 4 is 39.3 Å². The van der Waals surface area contributed by atoms with Gasteiger partial charge in [0.15, 0.2) is 5.16 Å². The number of hydrogen-bond acceptors (Lipinski definition) is 6. The molecule has 0 amide bonds. The molecule has 0 bridgehead atoms. The Morgan fingerprint density at radius 3 is 3.00 bits per heavy atom. The molecule has 0 atom stereocenters. The lowest BCUT2D eigenvalue weighted by Crippen LogP contribution is -2.07. The van der Waals surface area contributed by atoms with Gasteiger partial charge in [0.05, 0.1) is 17.6 Å². The highest BCUT2D eigenvalue weighted by molar-refractivity contribution is 7.98. The van der Waals surface area contributed by atoms with Crippen molar-refractivity contribution in [2.45, 2.75) is 31.2 Å². The number of aromatic nitrogens is 2. The number of thioether (sulfide) groups is 1. The van der Waals surface area contributed by atoms with Crippen LogP contribution in [0.1, 0.15) is 34.1 Å². The molecule has 0 fully saturated rings. The fourth-order valence-electron chi connectivity index (χ4n) is 2.32. The van der Waals surface area contributed by atoms with Gasteiger partial charge in [-0.3, -0.25) is 4.79 Å². The number of thiophene rings is 1. The summed E-state index contributed by atoms with van der Waals surface area (Å²) in [5.74, 6) is 0.295. The summed E-state index contributed by atoms with van der Waals surface area (Å²) in [6.07, 6.45) is 0.797. The second kappa shape index (κ2) is 7.84. The van der Waals surface area contributed by atoms with Crippen LogP contribution in [0.25, 0.3) is 10.2 Å². The minimum Gasteiger partial charge on any atom is -0.462 e. The number of nitrogens with zero attached hydrogens (tertiary/aromatic N) is 1. The van der Waals surface area contributed by atoms with Crippen molar-refractivity contribution < 1.29 is 9.53 Å². The van der Waals surface area contributed by atoms with E-state index in [1.807, 2.05) is 38.1 Å². The highest BCUT2D eigenvalue weighted by atomic mass is 32.2. The summed E-state index contributed by atoms with van der Waals surface area (Å²) < 4.78 is 5.16. The normalized spacial score (nSPS) is 11.0. The fourth-order valence-corrected chi connectivity index (χ4v) is 4.06. The number of rotatable bonds is 6. The summed E-state index contributed by atoms with van der Waals surface area (Å²) >= 11 is 2.95. The number of carbonyl (C=O) groups excluding carboxylic acids is 1. The maximum Gasteiger partial charge on any atom is 0.338 e. The molecule has 130 valence electrons. The van der Waals surface area contributed by atoms with Crippen LogP contribution in [0.3, 0.4) is 0 Å². The van der Waals surface area contributed by atoms with E-state index in [2.05, 4.69) is 9.97 Å². The van der Waals surface area contributed by atoms with E-state index >= 15 is 0 Å². The molecule has 0 radical (unpaired) electrons. The number of aromatic amines is 1. The van der Waals surface area contributed by atoms with E-state index in [4.69, 9.17) is 4.74 Å². The molecule has 1 aromatic carbocycles. The molecule has 25 heavy (non-hydrogen) atoms. The third-order valence-electron chi connectivity index (χ3n) is 3.48. The Morgan fingerprint density at radius 2 is 2.20 bits per heavy atom. The third kappa shape index (κ3) is 4.29. The number of esters is 1. The molecule has 0 saturated carbocycles. The molecule has 3 aromatic rings. The Morgan fingerprint density at radius 1 is 1.36 bits per heavy atom. The molecule has 0 aliphatic heterocycles. The first-order valence-electron chi connectivity index (χ1n) is 7.96. The van der Waals surface area contributed by atoms with Crippen LogP contribution < -0.4 is 5.56 Å². The van der Waals surface area contributed by atoms with Gasteiger partial charge >= 0.3 is 5.97 Å². The Bertz CT molecular complexity index is 962. The van der Waals surface area contributed by atoms with Crippen LogP contribution in [0.2, 0.25) is 0 Å². The number of hydrogen-bond donors (Lipinski definition) is 1. The minimum absolute atomic E-state index is 0.117. The van der Waals surface area contributed by atoms with Gasteiger partial charge in [0, 0.05) is 10.6 Å². The molecule has 1 N–H and O–H groups in total. The number of aryl methyl sites for hydroxylation is 1. The molecule has 7 heteroatoms. The predicted octanol–water partition coefficient (Wildman–Crippen LogP) is 4.15. The average molecular weight is 374 g/mol. The average Bonchev–Trinajstić information content (AvgIpc) is 2.99. The van der Waals surface area contributed by atoms with Crippen LogP contribution in [0.5, 0.6) is 0 Å². The van der Waals surface area contributed by atoms with E-state index in [1.165, 1.54) is 23.1 Å². The van der Waals surface area contributed by atoms with E-state index in [0.717, 1.165) is 21.7 Å². The molecule has 0 aliphatic rings. The van der Waals surface area contributed by atoms with Gasteiger partial charge in [0.2, 0.25) is 0 Å². The van der Waals surface area contributed by atoms with Gasteiger partial charge in [-0.25, -0.2) is 9.78 Å². The number of fused-ring (bicyclic) bond motifs is 1. The smallest absolute Gasteiger partial charge is 0.338 e. The molecular weight excluding hydrogens is 356 g/mol. The molecular formula is C18H18N2O3S2. The van der Waals surface area contributed by atoms with Crippen LogP contribution in [-0.2, 0) is 10.5 Å². The SMILES string of the molecule is CCCOC(=O)c1cccc(CSc2nc3sc(C)cc3c(=O)[nH]2)c1. The highest BCUT2D eigenvalue weighted by Crippen LogP contribution is 2.24. The van der Waals surface area contributed by atoms with Crippen molar-refractivity contribution in [2.75, 3.05) is 6.61 Å². The lowest BCUT2D eigenvalue weighted by Gasteiger charge is -2.06. The van der Waals surface area contributed by atoms with Crippen molar-refractivity contribution in [2.24, 2.45) is 0 Å². The standard InChI is InChI=1S/C18H18N2O3S2/c1-3-7-23-17(22)13-6-4-5-12(9-13)10-24-18-19-15(21)14-8-11(2)25-16(14)20-18/h4-6,8-9H,3,7,10H2,1-2H3,(H,19,20,21). The van der Waals surface area contributed by atoms with Gasteiger partial charge in [-0.15, -0.1) is 11.3 Å². The van der Waals surface area contributed by atoms with Crippen molar-refractivity contribution in [3.05, 3.63) is 56.7 Å². The van der Waals surface area contributed by atoms with Gasteiger partial charge in [-0.2, -0.15) is 0 Å². The Kier molecular flexibility index (Phi) is 5.55. The van der Waals surface area contributed by atoms with Crippen LogP contribution in [-0.4, -0.2) is 22.5 Å². The number of nitrogens with one attached hydrogen (secondary N) is 1. The first kappa shape index (κ1) is 17.7. The second-order valence-corrected chi connectivity index (χ2v) is 7.77. The topological polar surface area (TPSA) is 72.0 Å². The first-order valence-corrected chi connectivity index (χ1v) is 9.76. The van der Waals surface area contributed by atoms with Crippen LogP contribution >= 0.6 is 23.1 Å². The van der Waals surface area contributed by atoms with Crippen molar-refractivity contribution in [1.82, 2.24) is 9.97 Å². The van der Waals surface area contributed by atoms with E-state index < -0.39 is 0 Å². The number of benzene rings is 1. The maximum absolute atomic E-state index is 12.1. The summed E-state index contributed by atoms with van der Waals surface area (Å²) in [4.78, 5) is 33.2. The first-order chi connectivity index (χ1) is 12.1. The highest BCUT2D eigenvalue weighted by Gasteiger charge is 2.10. The lowest BCUT2D eigenvalue weighted by molar-refractivity contribution is 0.0505. The lowest BCUT2D eigenvalue weighted by atomic mass is 10.1. The Labute approximate surface area is 153 Å². The summed E-state index contributed by atoms with van der Waals surface area (Å²) in [6, 6.07) is 9.19.